The van der Waals surface area contributed by atoms with Gasteiger partial charge in [-0.2, -0.15) is 0 Å². The maximum Gasteiger partial charge on any atom is 0.338 e. The molecular formula is C18H18O4. The zero-order valence-electron chi connectivity index (χ0n) is 12.8. The molecule has 0 aliphatic rings. The first-order valence-corrected chi connectivity index (χ1v) is 6.85. The highest BCUT2D eigenvalue weighted by Gasteiger charge is 2.17. The Balaban J connectivity index is 2.47. The number of ether oxygens (including phenoxy) is 3. The van der Waals surface area contributed by atoms with E-state index in [2.05, 4.69) is 0 Å². The van der Waals surface area contributed by atoms with Gasteiger partial charge in [-0.25, -0.2) is 4.79 Å². The highest BCUT2D eigenvalue weighted by Crippen LogP contribution is 2.34. The molecule has 0 aliphatic heterocycles. The molecule has 2 aromatic carbocycles. The van der Waals surface area contributed by atoms with Crippen molar-refractivity contribution in [2.45, 2.75) is 6.92 Å². The van der Waals surface area contributed by atoms with Gasteiger partial charge in [0.05, 0.1) is 19.8 Å². The van der Waals surface area contributed by atoms with Crippen LogP contribution < -0.4 is 9.47 Å². The fraction of sp³-hybridized carbons (Fsp3) is 0.167. The number of esters is 1. The zero-order chi connectivity index (χ0) is 15.9. The minimum atomic E-state index is -0.412. The summed E-state index contributed by atoms with van der Waals surface area (Å²) in [5.74, 6) is 1.45. The smallest absolute Gasteiger partial charge is 0.338 e. The maximum absolute atomic E-state index is 11.9. The second kappa shape index (κ2) is 7.31. The van der Waals surface area contributed by atoms with Gasteiger partial charge >= 0.3 is 5.97 Å². The molecule has 4 nitrogen and oxygen atoms in total. The average Bonchev–Trinajstić information content (AvgIpc) is 2.57. The highest BCUT2D eigenvalue weighted by molar-refractivity contribution is 6.17. The van der Waals surface area contributed by atoms with E-state index in [1.165, 1.54) is 7.11 Å². The Morgan fingerprint density at radius 1 is 1.00 bits per heavy atom. The molecule has 0 saturated carbocycles. The van der Waals surface area contributed by atoms with Crippen LogP contribution in [0.5, 0.6) is 17.2 Å². The topological polar surface area (TPSA) is 44.8 Å². The van der Waals surface area contributed by atoms with Crippen molar-refractivity contribution < 1.29 is 19.0 Å². The van der Waals surface area contributed by atoms with Crippen LogP contribution in [0.2, 0.25) is 0 Å². The number of carbonyl (C=O) groups is 1. The third kappa shape index (κ3) is 3.47. The summed E-state index contributed by atoms with van der Waals surface area (Å²) in [6.07, 6.45) is 1.70. The van der Waals surface area contributed by atoms with Gasteiger partial charge in [-0.15, -0.1) is 0 Å². The number of methoxy groups -OCH3 is 2. The van der Waals surface area contributed by atoms with Crippen molar-refractivity contribution in [1.29, 1.82) is 0 Å². The van der Waals surface area contributed by atoms with Gasteiger partial charge in [0, 0.05) is 11.6 Å². The van der Waals surface area contributed by atoms with Crippen LogP contribution >= 0.6 is 0 Å². The van der Waals surface area contributed by atoms with Crippen molar-refractivity contribution in [3.63, 3.8) is 0 Å². The third-order valence-electron chi connectivity index (χ3n) is 3.14. The summed E-state index contributed by atoms with van der Waals surface area (Å²) in [5, 5.41) is 0. The number of hydrogen-bond acceptors (Lipinski definition) is 4. The van der Waals surface area contributed by atoms with Gasteiger partial charge in [0.1, 0.15) is 17.2 Å². The lowest BCUT2D eigenvalue weighted by Gasteiger charge is -2.14. The number of rotatable bonds is 5. The van der Waals surface area contributed by atoms with Crippen LogP contribution in [-0.2, 0) is 9.53 Å². The SMILES string of the molecule is CC=C(C(=O)OC)c1ccc(OC)cc1Oc1ccccc1. The van der Waals surface area contributed by atoms with Gasteiger partial charge in [0.15, 0.2) is 0 Å². The Hall–Kier alpha value is -2.75. The molecule has 0 aromatic heterocycles. The van der Waals surface area contributed by atoms with E-state index in [1.807, 2.05) is 30.3 Å². The maximum atomic E-state index is 11.9. The Kier molecular flexibility index (Phi) is 5.20. The molecule has 0 N–H and O–H groups in total. The van der Waals surface area contributed by atoms with Crippen molar-refractivity contribution >= 4 is 11.5 Å². The molecule has 0 saturated heterocycles. The largest absolute Gasteiger partial charge is 0.497 e. The zero-order valence-corrected chi connectivity index (χ0v) is 12.8. The minimum Gasteiger partial charge on any atom is -0.497 e. The quantitative estimate of drug-likeness (QED) is 0.616. The summed E-state index contributed by atoms with van der Waals surface area (Å²) in [5.41, 5.74) is 1.09. The van der Waals surface area contributed by atoms with E-state index in [9.17, 15) is 4.79 Å². The molecule has 0 atom stereocenters. The van der Waals surface area contributed by atoms with E-state index in [-0.39, 0.29) is 0 Å². The fourth-order valence-electron chi connectivity index (χ4n) is 2.05. The van der Waals surface area contributed by atoms with Crippen molar-refractivity contribution in [3.05, 3.63) is 60.2 Å². The summed E-state index contributed by atoms with van der Waals surface area (Å²) in [6.45, 7) is 1.78. The molecule has 0 radical (unpaired) electrons. The van der Waals surface area contributed by atoms with Crippen molar-refractivity contribution in [2.75, 3.05) is 14.2 Å². The van der Waals surface area contributed by atoms with Crippen LogP contribution in [-0.4, -0.2) is 20.2 Å². The first kappa shape index (κ1) is 15.6. The lowest BCUT2D eigenvalue weighted by Crippen LogP contribution is -2.05. The lowest BCUT2D eigenvalue weighted by molar-refractivity contribution is -0.133. The standard InChI is InChI=1S/C18H18O4/c1-4-15(18(19)21-3)16-11-10-14(20-2)12-17(16)22-13-8-6-5-7-9-13/h4-12H,1-3H3. The van der Waals surface area contributed by atoms with Crippen molar-refractivity contribution in [3.8, 4) is 17.2 Å². The number of allylic oxidation sites excluding steroid dienone is 1. The van der Waals surface area contributed by atoms with Crippen LogP contribution in [0, 0.1) is 0 Å². The monoisotopic (exact) mass is 298 g/mol. The highest BCUT2D eigenvalue weighted by atomic mass is 16.5. The number of benzene rings is 2. The summed E-state index contributed by atoms with van der Waals surface area (Å²) in [6, 6.07) is 14.7. The molecule has 0 spiro atoms. The van der Waals surface area contributed by atoms with E-state index >= 15 is 0 Å². The third-order valence-corrected chi connectivity index (χ3v) is 3.14. The normalized spacial score (nSPS) is 11.0. The number of carbonyl (C=O) groups excluding carboxylic acids is 1. The summed E-state index contributed by atoms with van der Waals surface area (Å²) < 4.78 is 16.0. The molecule has 0 heterocycles. The lowest BCUT2D eigenvalue weighted by atomic mass is 10.0. The van der Waals surface area contributed by atoms with Gasteiger partial charge in [0.2, 0.25) is 0 Å². The Morgan fingerprint density at radius 2 is 1.73 bits per heavy atom. The van der Waals surface area contributed by atoms with Gasteiger partial charge in [0.25, 0.3) is 0 Å². The minimum absolute atomic E-state index is 0.412. The van der Waals surface area contributed by atoms with Gasteiger partial charge in [-0.3, -0.25) is 0 Å². The molecular weight excluding hydrogens is 280 g/mol. The predicted molar refractivity (Wildman–Crippen MR) is 85.2 cm³/mol. The molecule has 2 rings (SSSR count). The Bertz CT molecular complexity index is 675. The molecule has 0 unspecified atom stereocenters. The van der Waals surface area contributed by atoms with Crippen LogP contribution in [0.15, 0.2) is 54.6 Å². The molecule has 114 valence electrons. The van der Waals surface area contributed by atoms with E-state index in [1.54, 1.807) is 38.3 Å². The van der Waals surface area contributed by atoms with Crippen LogP contribution in [0.4, 0.5) is 0 Å². The van der Waals surface area contributed by atoms with E-state index in [4.69, 9.17) is 14.2 Å². The van der Waals surface area contributed by atoms with Crippen molar-refractivity contribution in [2.24, 2.45) is 0 Å². The molecule has 2 aromatic rings. The fourth-order valence-corrected chi connectivity index (χ4v) is 2.05. The average molecular weight is 298 g/mol. The van der Waals surface area contributed by atoms with Gasteiger partial charge in [-0.05, 0) is 31.2 Å². The van der Waals surface area contributed by atoms with Gasteiger partial charge in [-0.1, -0.05) is 24.3 Å². The molecule has 4 heteroatoms. The first-order chi connectivity index (χ1) is 10.7. The summed E-state index contributed by atoms with van der Waals surface area (Å²) in [4.78, 5) is 11.9. The second-order valence-electron chi connectivity index (χ2n) is 4.47. The van der Waals surface area contributed by atoms with Crippen LogP contribution in [0.3, 0.4) is 0 Å². The second-order valence-corrected chi connectivity index (χ2v) is 4.47. The van der Waals surface area contributed by atoms with E-state index < -0.39 is 5.97 Å². The van der Waals surface area contributed by atoms with E-state index in [0.717, 1.165) is 0 Å². The van der Waals surface area contributed by atoms with E-state index in [0.29, 0.717) is 28.4 Å². The van der Waals surface area contributed by atoms with Crippen LogP contribution in [0.25, 0.3) is 5.57 Å². The first-order valence-electron chi connectivity index (χ1n) is 6.85. The summed E-state index contributed by atoms with van der Waals surface area (Å²) >= 11 is 0. The summed E-state index contributed by atoms with van der Waals surface area (Å²) in [7, 11) is 2.94. The van der Waals surface area contributed by atoms with Gasteiger partial charge < -0.3 is 14.2 Å². The molecule has 0 amide bonds. The number of hydrogen-bond donors (Lipinski definition) is 0. The Morgan fingerprint density at radius 3 is 2.32 bits per heavy atom. The number of para-hydroxylation sites is 1. The molecule has 22 heavy (non-hydrogen) atoms. The molecule has 0 fully saturated rings. The molecule has 0 bridgehead atoms. The van der Waals surface area contributed by atoms with Crippen LogP contribution in [0.1, 0.15) is 12.5 Å². The predicted octanol–water partition coefficient (Wildman–Crippen LogP) is 4.06. The Labute approximate surface area is 129 Å². The molecule has 0 aliphatic carbocycles. The van der Waals surface area contributed by atoms with Crippen molar-refractivity contribution in [1.82, 2.24) is 0 Å².